The third kappa shape index (κ3) is 3.15. The number of hydrogen-bond acceptors (Lipinski definition) is 2. The van der Waals surface area contributed by atoms with Gasteiger partial charge in [-0.3, -0.25) is 0 Å². The summed E-state index contributed by atoms with van der Waals surface area (Å²) in [4.78, 5) is 2.21. The first-order chi connectivity index (χ1) is 10.8. The van der Waals surface area contributed by atoms with Crippen molar-refractivity contribution in [3.63, 3.8) is 0 Å². The van der Waals surface area contributed by atoms with E-state index in [0.717, 1.165) is 27.3 Å². The molecule has 0 saturated heterocycles. The van der Waals surface area contributed by atoms with Crippen molar-refractivity contribution in [2.24, 2.45) is 0 Å². The maximum absolute atomic E-state index is 5.25. The summed E-state index contributed by atoms with van der Waals surface area (Å²) in [7, 11) is 1.68. The number of hydrogen-bond donors (Lipinski definition) is 0. The molecule has 0 aliphatic carbocycles. The smallest absolute Gasteiger partial charge is 0.119 e. The Morgan fingerprint density at radius 3 is 1.73 bits per heavy atom. The average Bonchev–Trinajstić information content (AvgIpc) is 2.58. The summed E-state index contributed by atoms with van der Waals surface area (Å²) >= 11 is 3.49. The zero-order valence-corrected chi connectivity index (χ0v) is 13.8. The highest BCUT2D eigenvalue weighted by Crippen LogP contribution is 2.35. The summed E-state index contributed by atoms with van der Waals surface area (Å²) in [5.41, 5.74) is 3.32. The first kappa shape index (κ1) is 14.7. The number of ether oxygens (including phenoxy) is 1. The number of halogens is 1. The van der Waals surface area contributed by atoms with Crippen molar-refractivity contribution in [3.05, 3.63) is 83.3 Å². The van der Waals surface area contributed by atoms with Gasteiger partial charge in [0.15, 0.2) is 0 Å². The van der Waals surface area contributed by atoms with Gasteiger partial charge in [-0.05, 0) is 60.7 Å². The van der Waals surface area contributed by atoms with Crippen molar-refractivity contribution in [3.8, 4) is 5.75 Å². The molecule has 0 aliphatic heterocycles. The van der Waals surface area contributed by atoms with Crippen molar-refractivity contribution in [2.45, 2.75) is 0 Å². The Balaban J connectivity index is 2.07. The molecule has 0 heterocycles. The van der Waals surface area contributed by atoms with E-state index in [-0.39, 0.29) is 0 Å². The maximum Gasteiger partial charge on any atom is 0.119 e. The third-order valence-electron chi connectivity index (χ3n) is 3.43. The van der Waals surface area contributed by atoms with E-state index in [1.54, 1.807) is 7.11 Å². The summed E-state index contributed by atoms with van der Waals surface area (Å²) in [5.74, 6) is 0.854. The Morgan fingerprint density at radius 2 is 1.18 bits per heavy atom. The van der Waals surface area contributed by atoms with Gasteiger partial charge in [-0.25, -0.2) is 0 Å². The molecular weight excluding hydrogens is 338 g/mol. The van der Waals surface area contributed by atoms with Crippen molar-refractivity contribution >= 4 is 33.0 Å². The molecule has 0 unspecified atom stereocenters. The summed E-state index contributed by atoms with van der Waals surface area (Å²) in [6.07, 6.45) is 0. The molecule has 0 N–H and O–H groups in total. The fraction of sp³-hybridized carbons (Fsp3) is 0.0526. The highest BCUT2D eigenvalue weighted by atomic mass is 79.9. The lowest BCUT2D eigenvalue weighted by atomic mass is 10.2. The molecule has 0 spiro atoms. The summed E-state index contributed by atoms with van der Waals surface area (Å²) in [6.45, 7) is 0. The maximum atomic E-state index is 5.25. The van der Waals surface area contributed by atoms with Crippen molar-refractivity contribution in [2.75, 3.05) is 12.0 Å². The van der Waals surface area contributed by atoms with E-state index >= 15 is 0 Å². The zero-order chi connectivity index (χ0) is 15.4. The number of para-hydroxylation sites is 1. The van der Waals surface area contributed by atoms with Crippen LogP contribution in [0.3, 0.4) is 0 Å². The van der Waals surface area contributed by atoms with Gasteiger partial charge in [-0.15, -0.1) is 0 Å². The molecule has 0 aromatic heterocycles. The van der Waals surface area contributed by atoms with Gasteiger partial charge in [0.05, 0.1) is 7.11 Å². The zero-order valence-electron chi connectivity index (χ0n) is 12.2. The summed E-state index contributed by atoms with van der Waals surface area (Å²) in [6, 6.07) is 26.7. The molecule has 0 saturated carbocycles. The van der Waals surface area contributed by atoms with Gasteiger partial charge in [0.1, 0.15) is 5.75 Å². The molecule has 0 bridgehead atoms. The van der Waals surface area contributed by atoms with E-state index in [2.05, 4.69) is 69.4 Å². The topological polar surface area (TPSA) is 12.5 Å². The average molecular weight is 354 g/mol. The second-order valence-corrected chi connectivity index (χ2v) is 5.76. The number of methoxy groups -OCH3 is 1. The standard InChI is InChI=1S/C19H16BrNO/c1-22-19-13-11-18(12-14-19)21(16-5-3-2-4-6-16)17-9-7-15(20)8-10-17/h2-14H,1H3. The van der Waals surface area contributed by atoms with Crippen molar-refractivity contribution < 1.29 is 4.74 Å². The molecule has 0 fully saturated rings. The first-order valence-corrected chi connectivity index (χ1v) is 7.82. The van der Waals surface area contributed by atoms with Crippen molar-refractivity contribution in [1.29, 1.82) is 0 Å². The number of nitrogens with zero attached hydrogens (tertiary/aromatic N) is 1. The van der Waals surface area contributed by atoms with Crippen LogP contribution in [0.15, 0.2) is 83.3 Å². The number of benzene rings is 3. The molecule has 0 radical (unpaired) electrons. The van der Waals surface area contributed by atoms with Crippen LogP contribution < -0.4 is 9.64 Å². The first-order valence-electron chi connectivity index (χ1n) is 7.03. The minimum atomic E-state index is 0.854. The van der Waals surface area contributed by atoms with E-state index in [1.807, 2.05) is 30.3 Å². The Kier molecular flexibility index (Phi) is 4.45. The van der Waals surface area contributed by atoms with Crippen LogP contribution in [0.1, 0.15) is 0 Å². The fourth-order valence-electron chi connectivity index (χ4n) is 2.35. The van der Waals surface area contributed by atoms with Gasteiger partial charge in [0, 0.05) is 21.5 Å². The molecule has 110 valence electrons. The highest BCUT2D eigenvalue weighted by Gasteiger charge is 2.11. The lowest BCUT2D eigenvalue weighted by Crippen LogP contribution is -2.09. The van der Waals surface area contributed by atoms with Crippen LogP contribution in [0.4, 0.5) is 17.1 Å². The molecule has 3 rings (SSSR count). The Bertz CT molecular complexity index is 724. The summed E-state index contributed by atoms with van der Waals surface area (Å²) in [5, 5.41) is 0. The molecule has 0 aliphatic rings. The third-order valence-corrected chi connectivity index (χ3v) is 3.96. The van der Waals surface area contributed by atoms with Gasteiger partial charge >= 0.3 is 0 Å². The molecule has 3 aromatic carbocycles. The van der Waals surface area contributed by atoms with Crippen LogP contribution in [0.2, 0.25) is 0 Å². The molecule has 22 heavy (non-hydrogen) atoms. The van der Waals surface area contributed by atoms with Gasteiger partial charge in [-0.2, -0.15) is 0 Å². The number of rotatable bonds is 4. The van der Waals surface area contributed by atoms with Gasteiger partial charge in [0.2, 0.25) is 0 Å². The Labute approximate surface area is 139 Å². The van der Waals surface area contributed by atoms with Crippen LogP contribution >= 0.6 is 15.9 Å². The van der Waals surface area contributed by atoms with Gasteiger partial charge in [0.25, 0.3) is 0 Å². The van der Waals surface area contributed by atoms with Crippen LogP contribution in [0, 0.1) is 0 Å². The second-order valence-electron chi connectivity index (χ2n) is 4.85. The van der Waals surface area contributed by atoms with Crippen LogP contribution in [0.5, 0.6) is 5.75 Å². The molecule has 0 amide bonds. The van der Waals surface area contributed by atoms with Crippen molar-refractivity contribution in [1.82, 2.24) is 0 Å². The van der Waals surface area contributed by atoms with E-state index in [4.69, 9.17) is 4.74 Å². The minimum Gasteiger partial charge on any atom is -0.497 e. The van der Waals surface area contributed by atoms with Crippen LogP contribution in [-0.2, 0) is 0 Å². The predicted octanol–water partition coefficient (Wildman–Crippen LogP) is 5.93. The van der Waals surface area contributed by atoms with Crippen LogP contribution in [-0.4, -0.2) is 7.11 Å². The molecule has 3 aromatic rings. The normalized spacial score (nSPS) is 10.3. The van der Waals surface area contributed by atoms with E-state index in [0.29, 0.717) is 0 Å². The van der Waals surface area contributed by atoms with Gasteiger partial charge < -0.3 is 9.64 Å². The second kappa shape index (κ2) is 6.67. The monoisotopic (exact) mass is 353 g/mol. The molecule has 2 nitrogen and oxygen atoms in total. The van der Waals surface area contributed by atoms with Gasteiger partial charge in [-0.1, -0.05) is 34.1 Å². The van der Waals surface area contributed by atoms with E-state index < -0.39 is 0 Å². The van der Waals surface area contributed by atoms with Crippen LogP contribution in [0.25, 0.3) is 0 Å². The lowest BCUT2D eigenvalue weighted by molar-refractivity contribution is 0.415. The Morgan fingerprint density at radius 1 is 0.682 bits per heavy atom. The molecule has 0 atom stereocenters. The minimum absolute atomic E-state index is 0.854. The quantitative estimate of drug-likeness (QED) is 0.576. The number of anilines is 3. The summed E-state index contributed by atoms with van der Waals surface area (Å²) < 4.78 is 6.32. The largest absolute Gasteiger partial charge is 0.497 e. The lowest BCUT2D eigenvalue weighted by Gasteiger charge is -2.25. The molecule has 3 heteroatoms. The molecular formula is C19H16BrNO. The SMILES string of the molecule is COc1ccc(N(c2ccccc2)c2ccc(Br)cc2)cc1. The Hall–Kier alpha value is -2.26. The fourth-order valence-corrected chi connectivity index (χ4v) is 2.61. The predicted molar refractivity (Wildman–Crippen MR) is 95.4 cm³/mol. The van der Waals surface area contributed by atoms with E-state index in [1.165, 1.54) is 0 Å². The highest BCUT2D eigenvalue weighted by molar-refractivity contribution is 9.10. The van der Waals surface area contributed by atoms with E-state index in [9.17, 15) is 0 Å².